The summed E-state index contributed by atoms with van der Waals surface area (Å²) in [5, 5.41) is 18.2. The van der Waals surface area contributed by atoms with Crippen molar-refractivity contribution in [1.29, 1.82) is 0 Å². The number of ketones is 1. The molecule has 126 valence electrons. The number of alkyl halides is 1. The van der Waals surface area contributed by atoms with E-state index in [1.807, 2.05) is 0 Å². The fraction of sp³-hybridized carbons (Fsp3) is 0.385. The number of nitro benzene ring substituents is 1. The molecule has 0 aliphatic carbocycles. The van der Waals surface area contributed by atoms with Gasteiger partial charge >= 0.3 is 5.97 Å². The van der Waals surface area contributed by atoms with Crippen LogP contribution in [0.15, 0.2) is 24.3 Å². The van der Waals surface area contributed by atoms with Crippen LogP contribution in [0.4, 0.5) is 5.69 Å². The fourth-order valence-corrected chi connectivity index (χ4v) is 3.93. The van der Waals surface area contributed by atoms with Gasteiger partial charge in [0.1, 0.15) is 5.78 Å². The number of hydrogen-bond acceptors (Lipinski definition) is 6. The number of Topliss-reactive ketones (excluding diaryl/α,β-unsaturated/α-hetero) is 1. The minimum absolute atomic E-state index is 0.0175. The molecule has 0 amide bonds. The standard InChI is InChI=1S/C13H14BrNO7S/c14-8-11(16)5-6-23(21,22)12(7-13(17)18)9-1-3-10(4-2-9)15(19)20/h1-4,12H,5-8H2,(H,17,18). The van der Waals surface area contributed by atoms with E-state index in [9.17, 15) is 28.1 Å². The van der Waals surface area contributed by atoms with Gasteiger partial charge in [-0.15, -0.1) is 0 Å². The molecule has 0 fully saturated rings. The molecule has 0 heterocycles. The number of halogens is 1. The van der Waals surface area contributed by atoms with E-state index in [1.165, 1.54) is 12.1 Å². The molecule has 1 aromatic carbocycles. The monoisotopic (exact) mass is 407 g/mol. The molecule has 8 nitrogen and oxygen atoms in total. The maximum atomic E-state index is 12.3. The Morgan fingerprint density at radius 1 is 1.26 bits per heavy atom. The zero-order valence-corrected chi connectivity index (χ0v) is 14.2. The van der Waals surface area contributed by atoms with E-state index < -0.39 is 38.2 Å². The van der Waals surface area contributed by atoms with Gasteiger partial charge in [0.05, 0.1) is 27.7 Å². The summed E-state index contributed by atoms with van der Waals surface area (Å²) in [6.45, 7) is 0. The maximum Gasteiger partial charge on any atom is 0.305 e. The first kappa shape index (κ1) is 19.2. The second kappa shape index (κ2) is 8.16. The summed E-state index contributed by atoms with van der Waals surface area (Å²) in [5.74, 6) is -2.11. The minimum Gasteiger partial charge on any atom is -0.481 e. The summed E-state index contributed by atoms with van der Waals surface area (Å²) in [4.78, 5) is 32.2. The first-order chi connectivity index (χ1) is 10.7. The molecule has 1 N–H and O–H groups in total. The highest BCUT2D eigenvalue weighted by Crippen LogP contribution is 2.29. The van der Waals surface area contributed by atoms with Crippen molar-refractivity contribution in [3.05, 3.63) is 39.9 Å². The van der Waals surface area contributed by atoms with Crippen LogP contribution < -0.4 is 0 Å². The number of hydrogen-bond donors (Lipinski definition) is 1. The number of nitro groups is 1. The van der Waals surface area contributed by atoms with Crippen LogP contribution >= 0.6 is 15.9 Å². The predicted molar refractivity (Wildman–Crippen MR) is 85.3 cm³/mol. The van der Waals surface area contributed by atoms with Crippen molar-refractivity contribution in [2.75, 3.05) is 11.1 Å². The van der Waals surface area contributed by atoms with Crippen molar-refractivity contribution in [2.45, 2.75) is 18.1 Å². The number of aliphatic carboxylic acids is 1. The lowest BCUT2D eigenvalue weighted by Crippen LogP contribution is -2.22. The predicted octanol–water partition coefficient (Wildman–Crippen LogP) is 1.88. The van der Waals surface area contributed by atoms with Gasteiger partial charge < -0.3 is 5.11 Å². The molecular weight excluding hydrogens is 394 g/mol. The van der Waals surface area contributed by atoms with Crippen molar-refractivity contribution in [3.63, 3.8) is 0 Å². The van der Waals surface area contributed by atoms with Gasteiger partial charge in [-0.25, -0.2) is 8.42 Å². The molecular formula is C13H14BrNO7S. The van der Waals surface area contributed by atoms with Crippen LogP contribution in [-0.2, 0) is 19.4 Å². The number of benzene rings is 1. The molecule has 0 bridgehead atoms. The number of sulfone groups is 1. The highest BCUT2D eigenvalue weighted by molar-refractivity contribution is 9.09. The van der Waals surface area contributed by atoms with Crippen molar-refractivity contribution in [1.82, 2.24) is 0 Å². The first-order valence-corrected chi connectivity index (χ1v) is 9.26. The molecule has 23 heavy (non-hydrogen) atoms. The molecule has 0 spiro atoms. The van der Waals surface area contributed by atoms with Crippen LogP contribution in [0.25, 0.3) is 0 Å². The van der Waals surface area contributed by atoms with Crippen molar-refractivity contribution in [3.8, 4) is 0 Å². The second-order valence-corrected chi connectivity index (χ2v) is 7.59. The van der Waals surface area contributed by atoms with Crippen LogP contribution in [-0.4, -0.2) is 41.3 Å². The number of non-ortho nitro benzene ring substituents is 1. The van der Waals surface area contributed by atoms with Crippen LogP contribution in [0.2, 0.25) is 0 Å². The average molecular weight is 408 g/mol. The van der Waals surface area contributed by atoms with Crippen LogP contribution in [0.5, 0.6) is 0 Å². The van der Waals surface area contributed by atoms with E-state index >= 15 is 0 Å². The van der Waals surface area contributed by atoms with Crippen molar-refractivity contribution in [2.24, 2.45) is 0 Å². The molecule has 0 aromatic heterocycles. The second-order valence-electron chi connectivity index (χ2n) is 4.72. The number of carboxylic acids is 1. The number of rotatable bonds is 9. The Morgan fingerprint density at radius 2 is 1.83 bits per heavy atom. The highest BCUT2D eigenvalue weighted by Gasteiger charge is 2.30. The summed E-state index contributed by atoms with van der Waals surface area (Å²) in [5.41, 5.74) is -0.0843. The van der Waals surface area contributed by atoms with Crippen LogP contribution in [0, 0.1) is 10.1 Å². The quantitative estimate of drug-likeness (QED) is 0.375. The number of nitrogens with zero attached hydrogens (tertiary/aromatic N) is 1. The lowest BCUT2D eigenvalue weighted by molar-refractivity contribution is -0.384. The molecule has 0 radical (unpaired) electrons. The zero-order chi connectivity index (χ0) is 17.6. The molecule has 1 unspecified atom stereocenters. The lowest BCUT2D eigenvalue weighted by Gasteiger charge is -2.16. The molecule has 1 atom stereocenters. The third-order valence-corrected chi connectivity index (χ3v) is 5.79. The highest BCUT2D eigenvalue weighted by atomic mass is 79.9. The first-order valence-electron chi connectivity index (χ1n) is 6.42. The van der Waals surface area contributed by atoms with E-state index in [0.717, 1.165) is 12.1 Å². The minimum atomic E-state index is -3.90. The molecule has 0 saturated carbocycles. The summed E-state index contributed by atoms with van der Waals surface area (Å²) in [6, 6.07) is 4.66. The Hall–Kier alpha value is -1.81. The summed E-state index contributed by atoms with van der Waals surface area (Å²) in [6.07, 6.45) is -0.903. The summed E-state index contributed by atoms with van der Waals surface area (Å²) in [7, 11) is -3.90. The SMILES string of the molecule is O=C(O)CC(c1ccc([N+](=O)[O-])cc1)S(=O)(=O)CCC(=O)CBr. The molecule has 0 saturated heterocycles. The summed E-state index contributed by atoms with van der Waals surface area (Å²) < 4.78 is 24.7. The third kappa shape index (κ3) is 5.71. The normalized spacial score (nSPS) is 12.6. The molecule has 1 rings (SSSR count). The van der Waals surface area contributed by atoms with Crippen molar-refractivity contribution >= 4 is 43.2 Å². The smallest absolute Gasteiger partial charge is 0.305 e. The maximum absolute atomic E-state index is 12.3. The Labute approximate surface area is 140 Å². The third-order valence-electron chi connectivity index (χ3n) is 3.08. The van der Waals surface area contributed by atoms with Crippen LogP contribution in [0.3, 0.4) is 0 Å². The lowest BCUT2D eigenvalue weighted by atomic mass is 10.1. The van der Waals surface area contributed by atoms with Gasteiger partial charge in [0.25, 0.3) is 5.69 Å². The Balaban J connectivity index is 3.10. The van der Waals surface area contributed by atoms with E-state index in [0.29, 0.717) is 0 Å². The van der Waals surface area contributed by atoms with Gasteiger partial charge in [-0.1, -0.05) is 28.1 Å². The van der Waals surface area contributed by atoms with Gasteiger partial charge in [0, 0.05) is 18.6 Å². The van der Waals surface area contributed by atoms with E-state index in [1.54, 1.807) is 0 Å². The van der Waals surface area contributed by atoms with Crippen LogP contribution in [0.1, 0.15) is 23.7 Å². The van der Waals surface area contributed by atoms with E-state index in [2.05, 4.69) is 15.9 Å². The molecule has 1 aromatic rings. The largest absolute Gasteiger partial charge is 0.481 e. The Kier molecular flexibility index (Phi) is 6.82. The van der Waals surface area contributed by atoms with E-state index in [4.69, 9.17) is 5.11 Å². The van der Waals surface area contributed by atoms with Gasteiger partial charge in [-0.3, -0.25) is 19.7 Å². The number of carboxylic acid groups (broad SMARTS) is 1. The van der Waals surface area contributed by atoms with Gasteiger partial charge in [0.15, 0.2) is 9.84 Å². The number of carbonyl (C=O) groups excluding carboxylic acids is 1. The Bertz CT molecular complexity index is 700. The van der Waals surface area contributed by atoms with Gasteiger partial charge in [0.2, 0.25) is 0 Å². The van der Waals surface area contributed by atoms with Crippen molar-refractivity contribution < 1.29 is 28.0 Å². The van der Waals surface area contributed by atoms with Gasteiger partial charge in [-0.2, -0.15) is 0 Å². The van der Waals surface area contributed by atoms with E-state index in [-0.39, 0.29) is 28.8 Å². The molecule has 10 heteroatoms. The molecule has 0 aliphatic rings. The zero-order valence-electron chi connectivity index (χ0n) is 11.8. The van der Waals surface area contributed by atoms with Gasteiger partial charge in [-0.05, 0) is 5.56 Å². The summed E-state index contributed by atoms with van der Waals surface area (Å²) >= 11 is 2.92. The fourth-order valence-electron chi connectivity index (χ4n) is 1.89. The number of carbonyl (C=O) groups is 2. The average Bonchev–Trinajstić information content (AvgIpc) is 2.50. The Morgan fingerprint density at radius 3 is 2.26 bits per heavy atom. The molecule has 0 aliphatic heterocycles. The topological polar surface area (TPSA) is 132 Å².